The van der Waals surface area contributed by atoms with Gasteiger partial charge in [-0.2, -0.15) is 0 Å². The third kappa shape index (κ3) is 2.69. The van der Waals surface area contributed by atoms with Crippen molar-refractivity contribution in [1.82, 2.24) is 10.6 Å². The summed E-state index contributed by atoms with van der Waals surface area (Å²) in [6.07, 6.45) is 3.85. The molecule has 0 aromatic rings. The van der Waals surface area contributed by atoms with Gasteiger partial charge < -0.3 is 15.4 Å². The number of hydrogen-bond donors (Lipinski definition) is 2. The van der Waals surface area contributed by atoms with E-state index in [1.165, 1.54) is 0 Å². The monoisotopic (exact) mass is 212 g/mol. The molecule has 2 saturated heterocycles. The molecule has 0 aliphatic carbocycles. The number of hydrogen-bond acceptors (Lipinski definition) is 3. The summed E-state index contributed by atoms with van der Waals surface area (Å²) in [4.78, 5) is 11.9. The maximum atomic E-state index is 11.9. The number of carbonyl (C=O) groups is 1. The van der Waals surface area contributed by atoms with Gasteiger partial charge in [-0.05, 0) is 39.2 Å². The molecule has 1 amide bonds. The van der Waals surface area contributed by atoms with Gasteiger partial charge in [-0.3, -0.25) is 4.79 Å². The van der Waals surface area contributed by atoms with Crippen molar-refractivity contribution in [2.45, 2.75) is 44.2 Å². The van der Waals surface area contributed by atoms with Crippen molar-refractivity contribution in [3.63, 3.8) is 0 Å². The Labute approximate surface area is 90.8 Å². The molecule has 0 aromatic carbocycles. The topological polar surface area (TPSA) is 50.4 Å². The smallest absolute Gasteiger partial charge is 0.249 e. The molecule has 2 rings (SSSR count). The van der Waals surface area contributed by atoms with Gasteiger partial charge in [0.05, 0.1) is 5.54 Å². The molecule has 2 aliphatic rings. The lowest BCUT2D eigenvalue weighted by molar-refractivity contribution is -0.137. The van der Waals surface area contributed by atoms with Crippen LogP contribution in [-0.2, 0) is 9.53 Å². The van der Waals surface area contributed by atoms with Crippen LogP contribution in [0.3, 0.4) is 0 Å². The van der Waals surface area contributed by atoms with Gasteiger partial charge >= 0.3 is 0 Å². The van der Waals surface area contributed by atoms with Gasteiger partial charge in [-0.1, -0.05) is 0 Å². The fraction of sp³-hybridized carbons (Fsp3) is 0.909. The Hall–Kier alpha value is -0.610. The molecule has 0 radical (unpaired) electrons. The number of ether oxygens (including phenoxy) is 1. The van der Waals surface area contributed by atoms with Crippen molar-refractivity contribution in [2.75, 3.05) is 19.7 Å². The molecule has 2 fully saturated rings. The van der Waals surface area contributed by atoms with Gasteiger partial charge in [-0.15, -0.1) is 0 Å². The van der Waals surface area contributed by atoms with Crippen LogP contribution in [-0.4, -0.2) is 37.2 Å². The summed E-state index contributed by atoms with van der Waals surface area (Å²) < 4.78 is 5.46. The van der Waals surface area contributed by atoms with Crippen molar-refractivity contribution < 1.29 is 9.53 Å². The molecule has 4 nitrogen and oxygen atoms in total. The molecule has 0 bridgehead atoms. The first kappa shape index (κ1) is 10.9. The highest BCUT2D eigenvalue weighted by molar-refractivity contribution is 5.81. The van der Waals surface area contributed by atoms with E-state index in [1.807, 2.05) is 0 Å². The van der Waals surface area contributed by atoms with Crippen molar-refractivity contribution in [2.24, 2.45) is 0 Å². The Bertz CT molecular complexity index is 231. The Morgan fingerprint density at radius 3 is 3.00 bits per heavy atom. The van der Waals surface area contributed by atoms with Gasteiger partial charge in [0.2, 0.25) is 5.91 Å². The molecule has 2 aliphatic heterocycles. The molecule has 0 spiro atoms. The molecule has 2 heterocycles. The molecule has 2 unspecified atom stereocenters. The minimum atomic E-state index is -0.212. The first-order valence-corrected chi connectivity index (χ1v) is 5.84. The average Bonchev–Trinajstić information content (AvgIpc) is 2.66. The highest BCUT2D eigenvalue weighted by atomic mass is 16.5. The number of rotatable bonds is 2. The van der Waals surface area contributed by atoms with E-state index in [0.29, 0.717) is 0 Å². The Morgan fingerprint density at radius 1 is 1.53 bits per heavy atom. The van der Waals surface area contributed by atoms with Crippen molar-refractivity contribution >= 4 is 5.91 Å². The minimum Gasteiger partial charge on any atom is -0.368 e. The van der Waals surface area contributed by atoms with Gasteiger partial charge in [-0.25, -0.2) is 0 Å². The zero-order valence-electron chi connectivity index (χ0n) is 9.34. The van der Waals surface area contributed by atoms with Crippen molar-refractivity contribution in [3.8, 4) is 0 Å². The maximum absolute atomic E-state index is 11.9. The van der Waals surface area contributed by atoms with Crippen molar-refractivity contribution in [3.05, 3.63) is 0 Å². The molecular formula is C11H20N2O2. The lowest BCUT2D eigenvalue weighted by Gasteiger charge is -2.29. The van der Waals surface area contributed by atoms with Crippen LogP contribution in [0, 0.1) is 0 Å². The van der Waals surface area contributed by atoms with E-state index in [9.17, 15) is 4.79 Å². The normalized spacial score (nSPS) is 36.5. The summed E-state index contributed by atoms with van der Waals surface area (Å²) in [6, 6.07) is 0. The lowest BCUT2D eigenvalue weighted by atomic mass is 10.0. The third-order valence-corrected chi connectivity index (χ3v) is 3.27. The minimum absolute atomic E-state index is 0.0703. The highest BCUT2D eigenvalue weighted by Gasteiger charge is 2.33. The maximum Gasteiger partial charge on any atom is 0.249 e. The number of amides is 1. The summed E-state index contributed by atoms with van der Waals surface area (Å²) in [5.41, 5.74) is -0.0715. The van der Waals surface area contributed by atoms with Gasteiger partial charge in [0, 0.05) is 13.2 Å². The third-order valence-electron chi connectivity index (χ3n) is 3.27. The van der Waals surface area contributed by atoms with Crippen LogP contribution in [0.15, 0.2) is 0 Å². The summed E-state index contributed by atoms with van der Waals surface area (Å²) in [5.74, 6) is 0.0703. The van der Waals surface area contributed by atoms with E-state index < -0.39 is 0 Å². The summed E-state index contributed by atoms with van der Waals surface area (Å²) >= 11 is 0. The predicted octanol–water partition coefficient (Wildman–Crippen LogP) is 0.424. The lowest BCUT2D eigenvalue weighted by Crippen LogP contribution is -2.52. The molecule has 0 saturated carbocycles. The molecule has 15 heavy (non-hydrogen) atoms. The van der Waals surface area contributed by atoms with Crippen LogP contribution in [0.2, 0.25) is 0 Å². The highest BCUT2D eigenvalue weighted by Crippen LogP contribution is 2.17. The predicted molar refractivity (Wildman–Crippen MR) is 57.6 cm³/mol. The second kappa shape index (κ2) is 4.49. The van der Waals surface area contributed by atoms with E-state index in [1.54, 1.807) is 0 Å². The fourth-order valence-electron chi connectivity index (χ4n) is 2.25. The van der Waals surface area contributed by atoms with E-state index in [2.05, 4.69) is 17.6 Å². The van der Waals surface area contributed by atoms with Crippen LogP contribution in [0.25, 0.3) is 0 Å². The standard InChI is InChI=1S/C11H20N2O2/c1-11(5-6-12-8-11)13-10(14)9-4-2-3-7-15-9/h9,12H,2-8H2,1H3,(H,13,14). The first-order valence-electron chi connectivity index (χ1n) is 5.84. The summed E-state index contributed by atoms with van der Waals surface area (Å²) in [5, 5.41) is 6.36. The van der Waals surface area contributed by atoms with Gasteiger partial charge in [0.15, 0.2) is 0 Å². The summed E-state index contributed by atoms with van der Waals surface area (Å²) in [7, 11) is 0. The van der Waals surface area contributed by atoms with Gasteiger partial charge in [0.25, 0.3) is 0 Å². The first-order chi connectivity index (χ1) is 7.20. The number of carbonyl (C=O) groups excluding carboxylic acids is 1. The average molecular weight is 212 g/mol. The molecular weight excluding hydrogens is 192 g/mol. The Morgan fingerprint density at radius 2 is 2.40 bits per heavy atom. The summed E-state index contributed by atoms with van der Waals surface area (Å²) in [6.45, 7) is 4.68. The fourth-order valence-corrected chi connectivity index (χ4v) is 2.25. The second-order valence-electron chi connectivity index (χ2n) is 4.83. The molecule has 2 atom stereocenters. The molecule has 4 heteroatoms. The molecule has 86 valence electrons. The SMILES string of the molecule is CC1(NC(=O)C2CCCCO2)CCNC1. The van der Waals surface area contributed by atoms with Crippen LogP contribution in [0.4, 0.5) is 0 Å². The van der Waals surface area contributed by atoms with Gasteiger partial charge in [0.1, 0.15) is 6.10 Å². The Kier molecular flexibility index (Phi) is 3.26. The zero-order valence-corrected chi connectivity index (χ0v) is 9.34. The van der Waals surface area contributed by atoms with Crippen LogP contribution < -0.4 is 10.6 Å². The van der Waals surface area contributed by atoms with Crippen LogP contribution in [0.1, 0.15) is 32.6 Å². The van der Waals surface area contributed by atoms with E-state index in [-0.39, 0.29) is 17.6 Å². The van der Waals surface area contributed by atoms with Crippen molar-refractivity contribution in [1.29, 1.82) is 0 Å². The number of nitrogens with one attached hydrogen (secondary N) is 2. The molecule has 0 aromatic heterocycles. The van der Waals surface area contributed by atoms with E-state index in [0.717, 1.165) is 45.4 Å². The van der Waals surface area contributed by atoms with Crippen LogP contribution in [0.5, 0.6) is 0 Å². The largest absolute Gasteiger partial charge is 0.368 e. The zero-order chi connectivity index (χ0) is 10.7. The second-order valence-corrected chi connectivity index (χ2v) is 4.83. The van der Waals surface area contributed by atoms with E-state index in [4.69, 9.17) is 4.74 Å². The van der Waals surface area contributed by atoms with E-state index >= 15 is 0 Å². The quantitative estimate of drug-likeness (QED) is 0.697. The Balaban J connectivity index is 1.85. The molecule has 2 N–H and O–H groups in total. The van der Waals surface area contributed by atoms with Crippen LogP contribution >= 0.6 is 0 Å².